The summed E-state index contributed by atoms with van der Waals surface area (Å²) in [5.74, 6) is 2.63. The predicted molar refractivity (Wildman–Crippen MR) is 143 cm³/mol. The number of nitrogens with one attached hydrogen (secondary N) is 2. The van der Waals surface area contributed by atoms with Crippen LogP contribution in [0.2, 0.25) is 0 Å². The number of rotatable bonds is 8. The lowest BCUT2D eigenvalue weighted by atomic mass is 10.3. The van der Waals surface area contributed by atoms with Gasteiger partial charge in [-0.25, -0.2) is 9.67 Å². The van der Waals surface area contributed by atoms with Crippen molar-refractivity contribution in [2.24, 2.45) is 4.99 Å². The van der Waals surface area contributed by atoms with E-state index < -0.39 is 0 Å². The number of guanidine groups is 1. The molecular formula is C24H30IN7O. The van der Waals surface area contributed by atoms with Crippen molar-refractivity contribution in [1.29, 1.82) is 0 Å². The first kappa shape index (κ1) is 24.6. The standard InChI is InChI=1S/C24H29N7O.HI/c1-18-28-22-7-4-5-8-23(22)30(18)15-6-14-26-24(25-2)27-17-19-13-16-31(29-19)20-9-11-21(32-3)12-10-20;/h4-5,7-13,16H,6,14-15,17H2,1-3H3,(H2,25,26,27);1H. The maximum atomic E-state index is 5.21. The summed E-state index contributed by atoms with van der Waals surface area (Å²) in [5.41, 5.74) is 4.15. The Labute approximate surface area is 211 Å². The van der Waals surface area contributed by atoms with Crippen LogP contribution in [-0.4, -0.2) is 46.0 Å². The molecule has 0 unspecified atom stereocenters. The van der Waals surface area contributed by atoms with Gasteiger partial charge in [-0.15, -0.1) is 24.0 Å². The van der Waals surface area contributed by atoms with Gasteiger partial charge in [-0.1, -0.05) is 12.1 Å². The first-order valence-electron chi connectivity index (χ1n) is 10.7. The van der Waals surface area contributed by atoms with Crippen LogP contribution in [0.5, 0.6) is 5.75 Å². The summed E-state index contributed by atoms with van der Waals surface area (Å²) < 4.78 is 9.32. The Bertz CT molecular complexity index is 1200. The van der Waals surface area contributed by atoms with E-state index in [1.807, 2.05) is 47.3 Å². The van der Waals surface area contributed by atoms with Crippen molar-refractivity contribution >= 4 is 41.0 Å². The first-order valence-corrected chi connectivity index (χ1v) is 10.7. The fourth-order valence-electron chi connectivity index (χ4n) is 3.65. The van der Waals surface area contributed by atoms with Crippen LogP contribution >= 0.6 is 24.0 Å². The molecule has 0 aliphatic heterocycles. The topological polar surface area (TPSA) is 81.3 Å². The number of aryl methyl sites for hydroxylation is 2. The minimum Gasteiger partial charge on any atom is -0.497 e. The van der Waals surface area contributed by atoms with Gasteiger partial charge in [-0.05, 0) is 55.8 Å². The Balaban J connectivity index is 0.00000306. The summed E-state index contributed by atoms with van der Waals surface area (Å²) in [7, 11) is 3.44. The molecule has 4 rings (SSSR count). The quantitative estimate of drug-likeness (QED) is 0.148. The Morgan fingerprint density at radius 2 is 1.85 bits per heavy atom. The third-order valence-corrected chi connectivity index (χ3v) is 5.34. The van der Waals surface area contributed by atoms with E-state index in [-0.39, 0.29) is 24.0 Å². The molecule has 0 atom stereocenters. The second kappa shape index (κ2) is 11.7. The van der Waals surface area contributed by atoms with Crippen LogP contribution in [-0.2, 0) is 13.1 Å². The molecule has 0 radical (unpaired) electrons. The molecular weight excluding hydrogens is 529 g/mol. The zero-order valence-corrected chi connectivity index (χ0v) is 21.5. The summed E-state index contributed by atoms with van der Waals surface area (Å²) in [5, 5.41) is 11.3. The molecule has 0 spiro atoms. The zero-order valence-electron chi connectivity index (χ0n) is 19.2. The van der Waals surface area contributed by atoms with Crippen molar-refractivity contribution in [2.75, 3.05) is 20.7 Å². The Morgan fingerprint density at radius 3 is 2.61 bits per heavy atom. The molecule has 174 valence electrons. The summed E-state index contributed by atoms with van der Waals surface area (Å²) >= 11 is 0. The Kier molecular flexibility index (Phi) is 8.70. The van der Waals surface area contributed by atoms with Gasteiger partial charge in [0.1, 0.15) is 11.6 Å². The van der Waals surface area contributed by atoms with Crippen molar-refractivity contribution in [3.8, 4) is 11.4 Å². The van der Waals surface area contributed by atoms with Crippen LogP contribution in [0.3, 0.4) is 0 Å². The third-order valence-electron chi connectivity index (χ3n) is 5.34. The predicted octanol–water partition coefficient (Wildman–Crippen LogP) is 3.91. The lowest BCUT2D eigenvalue weighted by Gasteiger charge is -2.12. The van der Waals surface area contributed by atoms with Crippen molar-refractivity contribution in [3.05, 3.63) is 72.3 Å². The number of hydrogen-bond donors (Lipinski definition) is 2. The SMILES string of the molecule is CN=C(NCCCn1c(C)nc2ccccc21)NCc1ccn(-c2ccc(OC)cc2)n1.I. The molecule has 0 aliphatic rings. The minimum atomic E-state index is 0. The Morgan fingerprint density at radius 1 is 1.06 bits per heavy atom. The highest BCUT2D eigenvalue weighted by atomic mass is 127. The smallest absolute Gasteiger partial charge is 0.191 e. The molecule has 0 saturated heterocycles. The average Bonchev–Trinajstić information content (AvgIpc) is 3.43. The zero-order chi connectivity index (χ0) is 22.3. The highest BCUT2D eigenvalue weighted by Gasteiger charge is 2.07. The molecule has 8 nitrogen and oxygen atoms in total. The highest BCUT2D eigenvalue weighted by Crippen LogP contribution is 2.16. The largest absolute Gasteiger partial charge is 0.497 e. The number of aliphatic imine (C=N–C) groups is 1. The van der Waals surface area contributed by atoms with Gasteiger partial charge in [-0.2, -0.15) is 5.10 Å². The highest BCUT2D eigenvalue weighted by molar-refractivity contribution is 14.0. The minimum absolute atomic E-state index is 0. The van der Waals surface area contributed by atoms with Crippen molar-refractivity contribution in [3.63, 3.8) is 0 Å². The van der Waals surface area contributed by atoms with E-state index in [0.717, 1.165) is 53.9 Å². The average molecular weight is 559 g/mol. The second-order valence-electron chi connectivity index (χ2n) is 7.46. The molecule has 2 N–H and O–H groups in total. The number of nitrogens with zero attached hydrogens (tertiary/aromatic N) is 5. The molecule has 2 heterocycles. The number of para-hydroxylation sites is 2. The van der Waals surface area contributed by atoms with E-state index in [1.165, 1.54) is 5.52 Å². The number of imidazole rings is 1. The van der Waals surface area contributed by atoms with Crippen LogP contribution in [0.25, 0.3) is 16.7 Å². The molecule has 0 amide bonds. The van der Waals surface area contributed by atoms with Crippen LogP contribution in [0.1, 0.15) is 17.9 Å². The summed E-state index contributed by atoms with van der Waals surface area (Å²) in [6, 6.07) is 18.1. The maximum absolute atomic E-state index is 5.21. The van der Waals surface area contributed by atoms with Gasteiger partial charge < -0.3 is 19.9 Å². The van der Waals surface area contributed by atoms with Gasteiger partial charge in [-0.3, -0.25) is 4.99 Å². The van der Waals surface area contributed by atoms with Crippen molar-refractivity contribution < 1.29 is 4.74 Å². The molecule has 0 bridgehead atoms. The lowest BCUT2D eigenvalue weighted by Crippen LogP contribution is -2.37. The van der Waals surface area contributed by atoms with E-state index >= 15 is 0 Å². The van der Waals surface area contributed by atoms with Crippen LogP contribution in [0, 0.1) is 6.92 Å². The normalized spacial score (nSPS) is 11.3. The fourth-order valence-corrected chi connectivity index (χ4v) is 3.65. The molecule has 0 fully saturated rings. The number of benzene rings is 2. The number of halogens is 1. The van der Waals surface area contributed by atoms with Crippen LogP contribution < -0.4 is 15.4 Å². The number of methoxy groups -OCH3 is 1. The molecule has 2 aromatic carbocycles. The van der Waals surface area contributed by atoms with Gasteiger partial charge in [0.25, 0.3) is 0 Å². The van der Waals surface area contributed by atoms with E-state index in [1.54, 1.807) is 14.2 Å². The van der Waals surface area contributed by atoms with Gasteiger partial charge in [0, 0.05) is 26.3 Å². The number of ether oxygens (including phenoxy) is 1. The monoisotopic (exact) mass is 559 g/mol. The summed E-state index contributed by atoms with van der Waals surface area (Å²) in [6.07, 6.45) is 2.92. The summed E-state index contributed by atoms with van der Waals surface area (Å²) in [4.78, 5) is 8.95. The Hall–Kier alpha value is -3.08. The third kappa shape index (κ3) is 6.04. The van der Waals surface area contributed by atoms with Gasteiger partial charge >= 0.3 is 0 Å². The van der Waals surface area contributed by atoms with Gasteiger partial charge in [0.15, 0.2) is 5.96 Å². The summed E-state index contributed by atoms with van der Waals surface area (Å²) in [6.45, 7) is 4.36. The number of fused-ring (bicyclic) bond motifs is 1. The van der Waals surface area contributed by atoms with Gasteiger partial charge in [0.05, 0.1) is 36.1 Å². The number of hydrogen-bond acceptors (Lipinski definition) is 4. The molecule has 2 aromatic heterocycles. The first-order chi connectivity index (χ1) is 15.7. The van der Waals surface area contributed by atoms with Crippen LogP contribution in [0.4, 0.5) is 0 Å². The van der Waals surface area contributed by atoms with Crippen LogP contribution in [0.15, 0.2) is 65.8 Å². The maximum Gasteiger partial charge on any atom is 0.191 e. The van der Waals surface area contributed by atoms with E-state index in [4.69, 9.17) is 4.74 Å². The van der Waals surface area contributed by atoms with Crippen molar-refractivity contribution in [1.82, 2.24) is 30.0 Å². The van der Waals surface area contributed by atoms with Gasteiger partial charge in [0.2, 0.25) is 0 Å². The fraction of sp³-hybridized carbons (Fsp3) is 0.292. The van der Waals surface area contributed by atoms with Crippen molar-refractivity contribution in [2.45, 2.75) is 26.4 Å². The molecule has 0 saturated carbocycles. The molecule has 33 heavy (non-hydrogen) atoms. The van der Waals surface area contributed by atoms with E-state index in [9.17, 15) is 0 Å². The van der Waals surface area contributed by atoms with E-state index in [2.05, 4.69) is 55.4 Å². The van der Waals surface area contributed by atoms with E-state index in [0.29, 0.717) is 6.54 Å². The molecule has 9 heteroatoms. The molecule has 0 aliphatic carbocycles. The second-order valence-corrected chi connectivity index (χ2v) is 7.46. The lowest BCUT2D eigenvalue weighted by molar-refractivity contribution is 0.414. The number of aromatic nitrogens is 4. The molecule has 4 aromatic rings.